The predicted molar refractivity (Wildman–Crippen MR) is 79.8 cm³/mol. The summed E-state index contributed by atoms with van der Waals surface area (Å²) in [5, 5.41) is 12.2. The highest BCUT2D eigenvalue weighted by atomic mass is 16.3. The Morgan fingerprint density at radius 2 is 2.25 bits per heavy atom. The average molecular weight is 275 g/mol. The summed E-state index contributed by atoms with van der Waals surface area (Å²) in [6, 6.07) is 3.97. The molecule has 0 aromatic heterocycles. The summed E-state index contributed by atoms with van der Waals surface area (Å²) >= 11 is 0. The van der Waals surface area contributed by atoms with Crippen LogP contribution in [0.4, 0.5) is 17.1 Å². The number of aliphatic hydroxyl groups excluding tert-OH is 1. The van der Waals surface area contributed by atoms with Crippen molar-refractivity contribution in [2.45, 2.75) is 25.7 Å². The van der Waals surface area contributed by atoms with E-state index in [0.29, 0.717) is 18.0 Å². The topological polar surface area (TPSA) is 78.6 Å². The lowest BCUT2D eigenvalue weighted by Gasteiger charge is -2.35. The molecule has 1 saturated heterocycles. The van der Waals surface area contributed by atoms with E-state index in [1.54, 1.807) is 0 Å². The SMILES string of the molecule is Nc1cc2c(cc1N1CCCC(CO)C1)CCC(=O)N2. The van der Waals surface area contributed by atoms with Crippen molar-refractivity contribution in [2.24, 2.45) is 5.92 Å². The van der Waals surface area contributed by atoms with Crippen LogP contribution in [-0.4, -0.2) is 30.7 Å². The highest BCUT2D eigenvalue weighted by Gasteiger charge is 2.23. The first-order valence-corrected chi connectivity index (χ1v) is 7.25. The number of aliphatic hydroxyl groups is 1. The molecule has 1 aromatic carbocycles. The number of nitrogens with two attached hydrogens (primary N) is 1. The summed E-state index contributed by atoms with van der Waals surface area (Å²) in [6.07, 6.45) is 3.47. The number of nitrogen functional groups attached to an aromatic ring is 1. The highest BCUT2D eigenvalue weighted by molar-refractivity contribution is 5.95. The van der Waals surface area contributed by atoms with E-state index >= 15 is 0 Å². The Bertz CT molecular complexity index is 530. The number of hydrogen-bond donors (Lipinski definition) is 3. The highest BCUT2D eigenvalue weighted by Crippen LogP contribution is 2.35. The Balaban J connectivity index is 1.88. The zero-order valence-corrected chi connectivity index (χ0v) is 11.6. The number of nitrogens with zero attached hydrogens (tertiary/aromatic N) is 1. The molecule has 1 aromatic rings. The number of aryl methyl sites for hydroxylation is 1. The fraction of sp³-hybridized carbons (Fsp3) is 0.533. The first kappa shape index (κ1) is 13.2. The smallest absolute Gasteiger partial charge is 0.224 e. The molecule has 0 spiro atoms. The molecule has 0 saturated carbocycles. The van der Waals surface area contributed by atoms with Crippen molar-refractivity contribution in [1.29, 1.82) is 0 Å². The van der Waals surface area contributed by atoms with E-state index in [-0.39, 0.29) is 12.5 Å². The molecule has 1 unspecified atom stereocenters. The fourth-order valence-corrected chi connectivity index (χ4v) is 3.14. The lowest BCUT2D eigenvalue weighted by atomic mass is 9.96. The number of rotatable bonds is 2. The van der Waals surface area contributed by atoms with Gasteiger partial charge in [0.05, 0.1) is 11.4 Å². The van der Waals surface area contributed by atoms with Crippen LogP contribution in [0.5, 0.6) is 0 Å². The minimum absolute atomic E-state index is 0.0583. The summed E-state index contributed by atoms with van der Waals surface area (Å²) < 4.78 is 0. The van der Waals surface area contributed by atoms with Gasteiger partial charge >= 0.3 is 0 Å². The van der Waals surface area contributed by atoms with E-state index in [0.717, 1.165) is 49.3 Å². The number of carbonyl (C=O) groups excluding carboxylic acids is 1. The van der Waals surface area contributed by atoms with Gasteiger partial charge in [-0.1, -0.05) is 0 Å². The van der Waals surface area contributed by atoms with E-state index < -0.39 is 0 Å². The molecule has 1 atom stereocenters. The van der Waals surface area contributed by atoms with Crippen molar-refractivity contribution < 1.29 is 9.90 Å². The van der Waals surface area contributed by atoms with Crippen LogP contribution in [0.15, 0.2) is 12.1 Å². The number of hydrogen-bond acceptors (Lipinski definition) is 4. The molecule has 0 bridgehead atoms. The molecule has 2 heterocycles. The Morgan fingerprint density at radius 3 is 3.05 bits per heavy atom. The number of benzene rings is 1. The van der Waals surface area contributed by atoms with Crippen molar-refractivity contribution in [3.8, 4) is 0 Å². The van der Waals surface area contributed by atoms with Crippen molar-refractivity contribution in [3.05, 3.63) is 17.7 Å². The fourth-order valence-electron chi connectivity index (χ4n) is 3.14. The van der Waals surface area contributed by atoms with Gasteiger partial charge in [0.1, 0.15) is 0 Å². The van der Waals surface area contributed by atoms with Crippen LogP contribution >= 0.6 is 0 Å². The van der Waals surface area contributed by atoms with Crippen LogP contribution in [0.2, 0.25) is 0 Å². The van der Waals surface area contributed by atoms with Gasteiger partial charge in [0, 0.05) is 31.8 Å². The summed E-state index contributed by atoms with van der Waals surface area (Å²) in [7, 11) is 0. The van der Waals surface area contributed by atoms with Crippen LogP contribution in [0.1, 0.15) is 24.8 Å². The van der Waals surface area contributed by atoms with Crippen LogP contribution in [0, 0.1) is 5.92 Å². The minimum Gasteiger partial charge on any atom is -0.397 e. The van der Waals surface area contributed by atoms with Crippen molar-refractivity contribution in [1.82, 2.24) is 0 Å². The molecule has 2 aliphatic heterocycles. The molecule has 3 rings (SSSR count). The zero-order valence-electron chi connectivity index (χ0n) is 11.6. The third-order valence-corrected chi connectivity index (χ3v) is 4.27. The first-order chi connectivity index (χ1) is 9.67. The van der Waals surface area contributed by atoms with Crippen LogP contribution in [0.3, 0.4) is 0 Å². The molecule has 0 radical (unpaired) electrons. The Morgan fingerprint density at radius 1 is 1.40 bits per heavy atom. The summed E-state index contributed by atoms with van der Waals surface area (Å²) in [6.45, 7) is 2.06. The molecule has 108 valence electrons. The Kier molecular flexibility index (Phi) is 3.53. The monoisotopic (exact) mass is 275 g/mol. The standard InChI is InChI=1S/C15H21N3O2/c16-12-7-13-11(3-4-15(20)17-13)6-14(12)18-5-1-2-10(8-18)9-19/h6-7,10,19H,1-5,8-9,16H2,(H,17,20). The van der Waals surface area contributed by atoms with Crippen LogP contribution in [-0.2, 0) is 11.2 Å². The number of anilines is 3. The van der Waals surface area contributed by atoms with E-state index in [1.165, 1.54) is 0 Å². The van der Waals surface area contributed by atoms with E-state index in [9.17, 15) is 9.90 Å². The number of piperidine rings is 1. The maximum absolute atomic E-state index is 11.4. The van der Waals surface area contributed by atoms with Gasteiger partial charge in [0.2, 0.25) is 5.91 Å². The average Bonchev–Trinajstić information content (AvgIpc) is 2.46. The quantitative estimate of drug-likeness (QED) is 0.712. The molecule has 5 heteroatoms. The van der Waals surface area contributed by atoms with Gasteiger partial charge in [0.15, 0.2) is 0 Å². The minimum atomic E-state index is 0.0583. The molecular formula is C15H21N3O2. The van der Waals surface area contributed by atoms with Gasteiger partial charge in [-0.2, -0.15) is 0 Å². The maximum atomic E-state index is 11.4. The Labute approximate surface area is 118 Å². The zero-order chi connectivity index (χ0) is 14.1. The molecule has 5 nitrogen and oxygen atoms in total. The second-order valence-corrected chi connectivity index (χ2v) is 5.75. The largest absolute Gasteiger partial charge is 0.397 e. The second-order valence-electron chi connectivity index (χ2n) is 5.75. The molecule has 0 aliphatic carbocycles. The molecule has 2 aliphatic rings. The van der Waals surface area contributed by atoms with Crippen molar-refractivity contribution in [3.63, 3.8) is 0 Å². The normalized spacial score (nSPS) is 22.4. The van der Waals surface area contributed by atoms with Gasteiger partial charge < -0.3 is 21.1 Å². The van der Waals surface area contributed by atoms with Gasteiger partial charge in [-0.25, -0.2) is 0 Å². The van der Waals surface area contributed by atoms with Gasteiger partial charge in [0.25, 0.3) is 0 Å². The number of nitrogens with one attached hydrogen (secondary N) is 1. The number of carbonyl (C=O) groups is 1. The Hall–Kier alpha value is -1.75. The summed E-state index contributed by atoms with van der Waals surface area (Å²) in [4.78, 5) is 13.7. The molecule has 20 heavy (non-hydrogen) atoms. The molecule has 1 amide bonds. The number of fused-ring (bicyclic) bond motifs is 1. The second kappa shape index (κ2) is 5.32. The van der Waals surface area contributed by atoms with Gasteiger partial charge in [-0.05, 0) is 42.9 Å². The van der Waals surface area contributed by atoms with Gasteiger partial charge in [-0.15, -0.1) is 0 Å². The van der Waals surface area contributed by atoms with E-state index in [2.05, 4.69) is 16.3 Å². The van der Waals surface area contributed by atoms with Crippen LogP contribution in [0.25, 0.3) is 0 Å². The summed E-state index contributed by atoms with van der Waals surface area (Å²) in [5.41, 5.74) is 9.89. The lowest BCUT2D eigenvalue weighted by molar-refractivity contribution is -0.116. The first-order valence-electron chi connectivity index (χ1n) is 7.25. The van der Waals surface area contributed by atoms with Crippen LogP contribution < -0.4 is 16.0 Å². The van der Waals surface area contributed by atoms with Gasteiger partial charge in [-0.3, -0.25) is 4.79 Å². The lowest BCUT2D eigenvalue weighted by Crippen LogP contribution is -2.37. The third kappa shape index (κ3) is 2.45. The number of amides is 1. The molecular weight excluding hydrogens is 254 g/mol. The molecule has 4 N–H and O–H groups in total. The van der Waals surface area contributed by atoms with E-state index in [1.807, 2.05) is 6.07 Å². The predicted octanol–water partition coefficient (Wildman–Crippen LogP) is 1.36. The van der Waals surface area contributed by atoms with Crippen molar-refractivity contribution >= 4 is 23.0 Å². The summed E-state index contributed by atoms with van der Waals surface area (Å²) in [5.74, 6) is 0.391. The third-order valence-electron chi connectivity index (χ3n) is 4.27. The molecule has 1 fully saturated rings. The maximum Gasteiger partial charge on any atom is 0.224 e. The van der Waals surface area contributed by atoms with Crippen molar-refractivity contribution in [2.75, 3.05) is 35.6 Å². The van der Waals surface area contributed by atoms with E-state index in [4.69, 9.17) is 5.73 Å².